The van der Waals surface area contributed by atoms with E-state index in [1.54, 1.807) is 12.1 Å². The zero-order valence-electron chi connectivity index (χ0n) is 9.77. The molecule has 0 aliphatic heterocycles. The molecule has 0 aliphatic rings. The molecule has 0 saturated heterocycles. The Morgan fingerprint density at radius 1 is 1.53 bits per heavy atom. The quantitative estimate of drug-likeness (QED) is 0.925. The highest BCUT2D eigenvalue weighted by Crippen LogP contribution is 2.26. The van der Waals surface area contributed by atoms with Gasteiger partial charge in [0.25, 0.3) is 0 Å². The summed E-state index contributed by atoms with van der Waals surface area (Å²) in [5.74, 6) is 0. The second-order valence-electron chi connectivity index (χ2n) is 3.29. The smallest absolute Gasteiger partial charge is 0.414 e. The van der Waals surface area contributed by atoms with Crippen molar-refractivity contribution < 1.29 is 9.53 Å². The predicted molar refractivity (Wildman–Crippen MR) is 72.2 cm³/mol. The molecule has 4 nitrogen and oxygen atoms in total. The molecular weight excluding hydrogens is 263 g/mol. The molecule has 0 saturated carbocycles. The zero-order chi connectivity index (χ0) is 12.1. The Kier molecular flexibility index (Phi) is 6.95. The van der Waals surface area contributed by atoms with E-state index in [1.165, 1.54) is 12.0 Å². The van der Waals surface area contributed by atoms with Crippen molar-refractivity contribution in [2.24, 2.45) is 5.73 Å². The van der Waals surface area contributed by atoms with Gasteiger partial charge in [-0.25, -0.2) is 4.79 Å². The van der Waals surface area contributed by atoms with Crippen LogP contribution in [0.15, 0.2) is 18.2 Å². The van der Waals surface area contributed by atoms with Gasteiger partial charge in [-0.15, -0.1) is 12.4 Å². The van der Waals surface area contributed by atoms with Crippen LogP contribution in [0, 0.1) is 6.92 Å². The maximum Gasteiger partial charge on any atom is 0.414 e. The number of nitrogens with two attached hydrogens (primary N) is 1. The summed E-state index contributed by atoms with van der Waals surface area (Å²) in [7, 11) is 1.34. The van der Waals surface area contributed by atoms with Crippen molar-refractivity contribution in [3.63, 3.8) is 0 Å². The van der Waals surface area contributed by atoms with Crippen molar-refractivity contribution in [2.45, 2.75) is 6.92 Å². The van der Waals surface area contributed by atoms with Crippen molar-refractivity contribution in [1.29, 1.82) is 0 Å². The van der Waals surface area contributed by atoms with E-state index in [4.69, 9.17) is 22.1 Å². The van der Waals surface area contributed by atoms with Crippen LogP contribution in [0.25, 0.3) is 0 Å². The number of hydrogen-bond donors (Lipinski definition) is 1. The fraction of sp³-hybridized carbons (Fsp3) is 0.364. The summed E-state index contributed by atoms with van der Waals surface area (Å²) in [6.07, 6.45) is -0.434. The summed E-state index contributed by atoms with van der Waals surface area (Å²) in [4.78, 5) is 13.0. The van der Waals surface area contributed by atoms with Gasteiger partial charge in [0, 0.05) is 18.1 Å². The predicted octanol–water partition coefficient (Wildman–Crippen LogP) is 2.60. The molecule has 0 unspecified atom stereocenters. The minimum Gasteiger partial charge on any atom is -0.452 e. The fourth-order valence-electron chi connectivity index (χ4n) is 1.44. The molecule has 96 valence electrons. The van der Waals surface area contributed by atoms with Gasteiger partial charge in [0.05, 0.1) is 12.8 Å². The molecule has 0 heterocycles. The number of hydrogen-bond acceptors (Lipinski definition) is 3. The molecule has 0 bridgehead atoms. The number of anilines is 1. The molecule has 1 amide bonds. The largest absolute Gasteiger partial charge is 0.452 e. The molecule has 17 heavy (non-hydrogen) atoms. The molecule has 2 N–H and O–H groups in total. The lowest BCUT2D eigenvalue weighted by Crippen LogP contribution is -2.35. The molecule has 1 aromatic rings. The molecule has 1 rings (SSSR count). The lowest BCUT2D eigenvalue weighted by atomic mass is 10.2. The first kappa shape index (κ1) is 16.0. The normalized spacial score (nSPS) is 9.41. The van der Waals surface area contributed by atoms with Gasteiger partial charge in [-0.1, -0.05) is 17.7 Å². The van der Waals surface area contributed by atoms with Crippen LogP contribution < -0.4 is 10.6 Å². The molecule has 0 aromatic heterocycles. The standard InChI is InChI=1S/C11H15ClN2O2.ClH/c1-8-9(12)4-3-5-10(8)14(7-6-13)11(15)16-2;/h3-5H,6-7,13H2,1-2H3;1H. The molecule has 0 aliphatic carbocycles. The van der Waals surface area contributed by atoms with Gasteiger partial charge < -0.3 is 10.5 Å². The summed E-state index contributed by atoms with van der Waals surface area (Å²) >= 11 is 6.00. The van der Waals surface area contributed by atoms with Crippen LogP contribution in [0.2, 0.25) is 5.02 Å². The Morgan fingerprint density at radius 3 is 2.71 bits per heavy atom. The topological polar surface area (TPSA) is 55.6 Å². The number of halogens is 2. The first-order chi connectivity index (χ1) is 7.61. The van der Waals surface area contributed by atoms with Crippen LogP contribution in [0.5, 0.6) is 0 Å². The van der Waals surface area contributed by atoms with Crippen molar-refractivity contribution in [3.05, 3.63) is 28.8 Å². The van der Waals surface area contributed by atoms with Gasteiger partial charge in [0.1, 0.15) is 0 Å². The Morgan fingerprint density at radius 2 is 2.18 bits per heavy atom. The van der Waals surface area contributed by atoms with E-state index in [2.05, 4.69) is 0 Å². The lowest BCUT2D eigenvalue weighted by Gasteiger charge is -2.22. The third-order valence-corrected chi connectivity index (χ3v) is 2.69. The van der Waals surface area contributed by atoms with E-state index >= 15 is 0 Å². The lowest BCUT2D eigenvalue weighted by molar-refractivity contribution is 0.179. The van der Waals surface area contributed by atoms with Gasteiger partial charge in [-0.2, -0.15) is 0 Å². The van der Waals surface area contributed by atoms with Crippen molar-refractivity contribution in [3.8, 4) is 0 Å². The third-order valence-electron chi connectivity index (χ3n) is 2.28. The van der Waals surface area contributed by atoms with Crippen molar-refractivity contribution in [2.75, 3.05) is 25.1 Å². The molecule has 1 aromatic carbocycles. The van der Waals surface area contributed by atoms with Crippen LogP contribution in [0.3, 0.4) is 0 Å². The van der Waals surface area contributed by atoms with E-state index in [9.17, 15) is 4.79 Å². The van der Waals surface area contributed by atoms with Gasteiger partial charge in [0.2, 0.25) is 0 Å². The molecule has 0 fully saturated rings. The Bertz CT molecular complexity index is 386. The van der Waals surface area contributed by atoms with Crippen molar-refractivity contribution >= 4 is 35.8 Å². The van der Waals surface area contributed by atoms with E-state index in [1.807, 2.05) is 13.0 Å². The zero-order valence-corrected chi connectivity index (χ0v) is 11.3. The van der Waals surface area contributed by atoms with Crippen LogP contribution in [0.1, 0.15) is 5.56 Å². The minimum absolute atomic E-state index is 0. The highest BCUT2D eigenvalue weighted by molar-refractivity contribution is 6.31. The van der Waals surface area contributed by atoms with Crippen LogP contribution in [-0.2, 0) is 4.74 Å². The van der Waals surface area contributed by atoms with E-state index < -0.39 is 6.09 Å². The number of rotatable bonds is 3. The average Bonchev–Trinajstić information content (AvgIpc) is 2.29. The third kappa shape index (κ3) is 3.77. The second kappa shape index (κ2) is 7.37. The number of carbonyl (C=O) groups is 1. The van der Waals surface area contributed by atoms with E-state index in [0.717, 1.165) is 11.3 Å². The number of ether oxygens (including phenoxy) is 1. The monoisotopic (exact) mass is 278 g/mol. The van der Waals surface area contributed by atoms with Gasteiger partial charge >= 0.3 is 6.09 Å². The van der Waals surface area contributed by atoms with Crippen LogP contribution >= 0.6 is 24.0 Å². The fourth-order valence-corrected chi connectivity index (χ4v) is 1.61. The first-order valence-corrected chi connectivity index (χ1v) is 5.30. The number of benzene rings is 1. The molecule has 6 heteroatoms. The van der Waals surface area contributed by atoms with E-state index in [-0.39, 0.29) is 12.4 Å². The SMILES string of the molecule is COC(=O)N(CCN)c1cccc(Cl)c1C.Cl. The summed E-state index contributed by atoms with van der Waals surface area (Å²) in [6, 6.07) is 5.38. The number of amides is 1. The Balaban J connectivity index is 0.00000256. The number of nitrogens with zero attached hydrogens (tertiary/aromatic N) is 1. The highest BCUT2D eigenvalue weighted by Gasteiger charge is 2.17. The number of carbonyl (C=O) groups excluding carboxylic acids is 1. The average molecular weight is 279 g/mol. The Hall–Kier alpha value is -0.970. The van der Waals surface area contributed by atoms with Crippen LogP contribution in [0.4, 0.5) is 10.5 Å². The highest BCUT2D eigenvalue weighted by atomic mass is 35.5. The Labute approximate surface area is 112 Å². The first-order valence-electron chi connectivity index (χ1n) is 4.92. The van der Waals surface area contributed by atoms with Gasteiger partial charge in [0.15, 0.2) is 0 Å². The van der Waals surface area contributed by atoms with E-state index in [0.29, 0.717) is 18.1 Å². The van der Waals surface area contributed by atoms with Gasteiger partial charge in [-0.3, -0.25) is 4.90 Å². The molecule has 0 radical (unpaired) electrons. The maximum atomic E-state index is 11.6. The summed E-state index contributed by atoms with van der Waals surface area (Å²) in [5, 5.41) is 0.614. The molecular formula is C11H16Cl2N2O2. The van der Waals surface area contributed by atoms with Gasteiger partial charge in [-0.05, 0) is 24.6 Å². The minimum atomic E-state index is -0.434. The second-order valence-corrected chi connectivity index (χ2v) is 3.70. The van der Waals surface area contributed by atoms with Crippen LogP contribution in [-0.4, -0.2) is 26.3 Å². The maximum absolute atomic E-state index is 11.6. The molecule has 0 atom stereocenters. The summed E-state index contributed by atoms with van der Waals surface area (Å²) in [6.45, 7) is 2.61. The summed E-state index contributed by atoms with van der Waals surface area (Å²) < 4.78 is 4.70. The number of methoxy groups -OCH3 is 1. The van der Waals surface area contributed by atoms with Crippen molar-refractivity contribution in [1.82, 2.24) is 0 Å². The molecule has 0 spiro atoms. The summed E-state index contributed by atoms with van der Waals surface area (Å²) in [5.41, 5.74) is 7.03.